The van der Waals surface area contributed by atoms with Gasteiger partial charge in [0, 0.05) is 57.8 Å². The number of methoxy groups -OCH3 is 1. The monoisotopic (exact) mass is 614 g/mol. The molecule has 10 heteroatoms. The Balaban J connectivity index is 0.00000384. The first-order valence-corrected chi connectivity index (χ1v) is 14.6. The lowest BCUT2D eigenvalue weighted by molar-refractivity contribution is 0.0662. The normalized spacial score (nSPS) is 15.2. The Hall–Kier alpha value is -4.34. The number of anilines is 2. The van der Waals surface area contributed by atoms with Gasteiger partial charge in [-0.15, -0.1) is 0 Å². The maximum Gasteiger partial charge on any atom is 0.253 e. The van der Waals surface area contributed by atoms with E-state index in [2.05, 4.69) is 22.5 Å². The minimum atomic E-state index is -0.443. The van der Waals surface area contributed by atoms with Crippen molar-refractivity contribution in [3.05, 3.63) is 100.0 Å². The van der Waals surface area contributed by atoms with Gasteiger partial charge in [-0.25, -0.2) is 14.4 Å². The van der Waals surface area contributed by atoms with Crippen LogP contribution >= 0.6 is 11.6 Å². The SMILES string of the molecule is C.CNC1(C)CCN(C(=O)c2ccc(Nc3ncc4c(n3)-c3ccc(Cl)cc3C(c3c(F)cccc3OC)=NC4)cc2)CC1. The molecule has 0 aliphatic carbocycles. The molecule has 8 nitrogen and oxygen atoms in total. The molecule has 1 amide bonds. The van der Waals surface area contributed by atoms with Gasteiger partial charge in [0.1, 0.15) is 11.6 Å². The largest absolute Gasteiger partial charge is 0.496 e. The third-order valence-electron chi connectivity index (χ3n) is 8.34. The zero-order valence-corrected chi connectivity index (χ0v) is 25.0. The number of aliphatic imine (C=N–C) groups is 1. The molecule has 0 unspecified atom stereocenters. The van der Waals surface area contributed by atoms with Gasteiger partial charge in [-0.1, -0.05) is 31.2 Å². The van der Waals surface area contributed by atoms with Crippen molar-refractivity contribution in [3.8, 4) is 17.0 Å². The van der Waals surface area contributed by atoms with Crippen molar-refractivity contribution in [3.63, 3.8) is 0 Å². The number of amides is 1. The molecular formula is C34H36ClFN6O2. The molecule has 1 aromatic heterocycles. The van der Waals surface area contributed by atoms with Gasteiger partial charge < -0.3 is 20.3 Å². The second kappa shape index (κ2) is 12.7. The van der Waals surface area contributed by atoms with Crippen LogP contribution in [0.2, 0.25) is 5.02 Å². The average Bonchev–Trinajstić information content (AvgIpc) is 3.17. The predicted molar refractivity (Wildman–Crippen MR) is 174 cm³/mol. The molecule has 3 heterocycles. The number of carbonyl (C=O) groups excluding carboxylic acids is 1. The number of carbonyl (C=O) groups is 1. The summed E-state index contributed by atoms with van der Waals surface area (Å²) in [6.45, 7) is 3.89. The van der Waals surface area contributed by atoms with Crippen molar-refractivity contribution >= 4 is 34.9 Å². The van der Waals surface area contributed by atoms with Gasteiger partial charge in [0.05, 0.1) is 30.6 Å². The zero-order valence-electron chi connectivity index (χ0n) is 24.2. The fourth-order valence-electron chi connectivity index (χ4n) is 5.56. The van der Waals surface area contributed by atoms with Gasteiger partial charge in [0.15, 0.2) is 0 Å². The Kier molecular flexibility index (Phi) is 8.99. The average molecular weight is 615 g/mol. The number of hydrogen-bond acceptors (Lipinski definition) is 7. The van der Waals surface area contributed by atoms with E-state index < -0.39 is 5.82 Å². The van der Waals surface area contributed by atoms with Crippen LogP contribution in [0.3, 0.4) is 0 Å². The molecule has 1 fully saturated rings. The van der Waals surface area contributed by atoms with E-state index in [0.717, 1.165) is 42.7 Å². The standard InChI is InChI=1S/C33H32ClFN6O2.CH4/c1-33(36-2)13-15-41(16-14-33)31(42)20-7-10-23(11-8-20)39-32-38-19-21-18-37-30(28-26(35)5-4-6-27(28)43-3)25-17-22(34)9-12-24(25)29(21)40-32;/h4-12,17,19,36H,13-16,18H2,1-3H3,(H,38,39,40);1H4. The van der Waals surface area contributed by atoms with Crippen molar-refractivity contribution in [2.45, 2.75) is 39.3 Å². The summed E-state index contributed by atoms with van der Waals surface area (Å²) < 4.78 is 20.6. The van der Waals surface area contributed by atoms with Crippen LogP contribution in [0.4, 0.5) is 16.0 Å². The maximum atomic E-state index is 15.2. The molecule has 2 aliphatic heterocycles. The molecule has 0 bridgehead atoms. The number of aromatic nitrogens is 2. The number of ether oxygens (including phenoxy) is 1. The molecular weight excluding hydrogens is 579 g/mol. The van der Waals surface area contributed by atoms with Crippen molar-refractivity contribution in [2.75, 3.05) is 32.6 Å². The molecule has 6 rings (SSSR count). The van der Waals surface area contributed by atoms with E-state index in [9.17, 15) is 4.79 Å². The fraction of sp³-hybridized carbons (Fsp3) is 0.294. The fourth-order valence-corrected chi connectivity index (χ4v) is 5.74. The molecule has 3 aromatic carbocycles. The van der Waals surface area contributed by atoms with Crippen LogP contribution in [-0.2, 0) is 6.54 Å². The van der Waals surface area contributed by atoms with Crippen LogP contribution in [0.1, 0.15) is 54.2 Å². The number of benzene rings is 3. The van der Waals surface area contributed by atoms with E-state index in [1.807, 2.05) is 42.3 Å². The molecule has 4 aromatic rings. The maximum absolute atomic E-state index is 15.2. The highest BCUT2D eigenvalue weighted by molar-refractivity contribution is 6.31. The lowest BCUT2D eigenvalue weighted by Crippen LogP contribution is -2.51. The Morgan fingerprint density at radius 2 is 1.82 bits per heavy atom. The number of likely N-dealkylation sites (tertiary alicyclic amines) is 1. The van der Waals surface area contributed by atoms with E-state index in [1.165, 1.54) is 13.2 Å². The van der Waals surface area contributed by atoms with Gasteiger partial charge in [-0.05, 0) is 75.3 Å². The molecule has 0 spiro atoms. The second-order valence-corrected chi connectivity index (χ2v) is 11.5. The third-order valence-corrected chi connectivity index (χ3v) is 8.58. The lowest BCUT2D eigenvalue weighted by Gasteiger charge is -2.39. The second-order valence-electron chi connectivity index (χ2n) is 11.0. The topological polar surface area (TPSA) is 91.7 Å². The quantitative estimate of drug-likeness (QED) is 0.246. The predicted octanol–water partition coefficient (Wildman–Crippen LogP) is 6.89. The van der Waals surface area contributed by atoms with Crippen LogP contribution in [0, 0.1) is 5.82 Å². The summed E-state index contributed by atoms with van der Waals surface area (Å²) in [5.41, 5.74) is 5.02. The summed E-state index contributed by atoms with van der Waals surface area (Å²) in [5, 5.41) is 7.11. The summed E-state index contributed by atoms with van der Waals surface area (Å²) in [7, 11) is 3.47. The van der Waals surface area contributed by atoms with Crippen LogP contribution in [-0.4, -0.2) is 59.3 Å². The smallest absolute Gasteiger partial charge is 0.253 e. The first kappa shape index (κ1) is 31.1. The van der Waals surface area contributed by atoms with Crippen LogP contribution in [0.15, 0.2) is 71.9 Å². The van der Waals surface area contributed by atoms with Crippen LogP contribution < -0.4 is 15.4 Å². The highest BCUT2D eigenvalue weighted by Crippen LogP contribution is 2.36. The third kappa shape index (κ3) is 6.02. The van der Waals surface area contributed by atoms with E-state index in [4.69, 9.17) is 26.3 Å². The van der Waals surface area contributed by atoms with E-state index in [-0.39, 0.29) is 31.0 Å². The molecule has 228 valence electrons. The summed E-state index contributed by atoms with van der Waals surface area (Å²) in [5.74, 6) is 0.348. The molecule has 0 atom stereocenters. The number of nitrogens with one attached hydrogen (secondary N) is 2. The van der Waals surface area contributed by atoms with Crippen molar-refractivity contribution in [1.29, 1.82) is 0 Å². The summed E-state index contributed by atoms with van der Waals surface area (Å²) in [6.07, 6.45) is 3.56. The number of hydrogen-bond donors (Lipinski definition) is 2. The number of piperidine rings is 1. The molecule has 44 heavy (non-hydrogen) atoms. The summed E-state index contributed by atoms with van der Waals surface area (Å²) >= 11 is 6.41. The van der Waals surface area contributed by atoms with E-state index in [1.54, 1.807) is 30.5 Å². The highest BCUT2D eigenvalue weighted by Gasteiger charge is 2.31. The first-order valence-electron chi connectivity index (χ1n) is 14.2. The van der Waals surface area contributed by atoms with Crippen LogP contribution in [0.5, 0.6) is 5.75 Å². The van der Waals surface area contributed by atoms with Gasteiger partial charge in [0.25, 0.3) is 5.91 Å². The first-order chi connectivity index (χ1) is 20.8. The zero-order chi connectivity index (χ0) is 30.1. The molecule has 2 aliphatic rings. The van der Waals surface area contributed by atoms with Gasteiger partial charge in [0.2, 0.25) is 5.95 Å². The number of nitrogens with zero attached hydrogens (tertiary/aromatic N) is 4. The molecule has 1 saturated heterocycles. The summed E-state index contributed by atoms with van der Waals surface area (Å²) in [6, 6.07) is 17.4. The van der Waals surface area contributed by atoms with Crippen molar-refractivity contribution < 1.29 is 13.9 Å². The van der Waals surface area contributed by atoms with Gasteiger partial charge in [-0.3, -0.25) is 9.79 Å². The van der Waals surface area contributed by atoms with Crippen molar-refractivity contribution in [2.24, 2.45) is 4.99 Å². The lowest BCUT2D eigenvalue weighted by atomic mass is 9.89. The highest BCUT2D eigenvalue weighted by atomic mass is 35.5. The Morgan fingerprint density at radius 3 is 2.52 bits per heavy atom. The molecule has 0 radical (unpaired) electrons. The van der Waals surface area contributed by atoms with Gasteiger partial charge in [-0.2, -0.15) is 0 Å². The number of halogens is 2. The molecule has 0 saturated carbocycles. The van der Waals surface area contributed by atoms with Crippen LogP contribution in [0.25, 0.3) is 11.3 Å². The minimum absolute atomic E-state index is 0. The van der Waals surface area contributed by atoms with E-state index >= 15 is 4.39 Å². The Morgan fingerprint density at radius 1 is 1.07 bits per heavy atom. The van der Waals surface area contributed by atoms with Crippen molar-refractivity contribution in [1.82, 2.24) is 20.2 Å². The number of rotatable bonds is 6. The molecule has 2 N–H and O–H groups in total. The Bertz CT molecular complexity index is 1720. The van der Waals surface area contributed by atoms with E-state index in [0.29, 0.717) is 39.3 Å². The Labute approximate surface area is 262 Å². The summed E-state index contributed by atoms with van der Waals surface area (Å²) in [4.78, 5) is 29.2. The minimum Gasteiger partial charge on any atom is -0.496 e. The number of fused-ring (bicyclic) bond motifs is 3. The van der Waals surface area contributed by atoms with Gasteiger partial charge >= 0.3 is 0 Å².